The molecule has 0 aromatic heterocycles. The van der Waals surface area contributed by atoms with Gasteiger partial charge in [-0.3, -0.25) is 0 Å². The molecule has 12 heavy (non-hydrogen) atoms. The maximum atomic E-state index is 10.8. The Balaban J connectivity index is 3.22. The first-order valence-electron chi connectivity index (χ1n) is 4.18. The Morgan fingerprint density at radius 2 is 2.25 bits per heavy atom. The van der Waals surface area contributed by atoms with Crippen molar-refractivity contribution in [3.63, 3.8) is 0 Å². The fourth-order valence-corrected chi connectivity index (χ4v) is 0.563. The summed E-state index contributed by atoms with van der Waals surface area (Å²) >= 11 is 0. The van der Waals surface area contributed by atoms with Gasteiger partial charge in [0.05, 0.1) is 6.61 Å². The van der Waals surface area contributed by atoms with E-state index in [1.807, 2.05) is 13.8 Å². The van der Waals surface area contributed by atoms with Crippen molar-refractivity contribution in [1.82, 2.24) is 5.32 Å². The number of rotatable bonds is 5. The monoisotopic (exact) mass is 175 g/mol. The minimum absolute atomic E-state index is 0.0878. The zero-order valence-electron chi connectivity index (χ0n) is 7.67. The molecule has 0 aliphatic rings. The lowest BCUT2D eigenvalue weighted by molar-refractivity contribution is 0.132. The lowest BCUT2D eigenvalue weighted by atomic mass is 10.2. The molecule has 0 radical (unpaired) electrons. The Morgan fingerprint density at radius 3 is 2.75 bits per heavy atom. The van der Waals surface area contributed by atoms with Gasteiger partial charge in [-0.05, 0) is 12.3 Å². The van der Waals surface area contributed by atoms with Gasteiger partial charge in [0.15, 0.2) is 0 Å². The zero-order valence-corrected chi connectivity index (χ0v) is 7.67. The summed E-state index contributed by atoms with van der Waals surface area (Å²) in [7, 11) is 0. The first kappa shape index (κ1) is 11.2. The molecule has 1 amide bonds. The quantitative estimate of drug-likeness (QED) is 0.606. The number of carbonyl (C=O) groups excluding carboxylic acids is 1. The van der Waals surface area contributed by atoms with Crippen LogP contribution in [0.25, 0.3) is 0 Å². The first-order chi connectivity index (χ1) is 5.66. The molecule has 0 bridgehead atoms. The van der Waals surface area contributed by atoms with Crippen LogP contribution < -0.4 is 5.32 Å². The Hall–Kier alpha value is -0.770. The third-order valence-corrected chi connectivity index (χ3v) is 1.15. The Kier molecular flexibility index (Phi) is 6.47. The average Bonchev–Trinajstić information content (AvgIpc) is 2.01. The molecule has 0 aromatic rings. The van der Waals surface area contributed by atoms with Crippen LogP contribution in [0, 0.1) is 5.92 Å². The second-order valence-corrected chi connectivity index (χ2v) is 3.00. The molecule has 0 saturated heterocycles. The van der Waals surface area contributed by atoms with Crippen molar-refractivity contribution >= 4 is 6.09 Å². The molecule has 0 rings (SSSR count). The minimum Gasteiger partial charge on any atom is -0.449 e. The van der Waals surface area contributed by atoms with E-state index in [1.165, 1.54) is 0 Å². The van der Waals surface area contributed by atoms with Gasteiger partial charge in [-0.2, -0.15) is 0 Å². The van der Waals surface area contributed by atoms with E-state index in [9.17, 15) is 4.79 Å². The van der Waals surface area contributed by atoms with E-state index in [0.717, 1.165) is 0 Å². The second kappa shape index (κ2) is 6.91. The summed E-state index contributed by atoms with van der Waals surface area (Å²) in [4.78, 5) is 10.8. The lowest BCUT2D eigenvalue weighted by Gasteiger charge is -2.07. The number of ether oxygens (including phenoxy) is 1. The van der Waals surface area contributed by atoms with E-state index in [4.69, 9.17) is 9.84 Å². The van der Waals surface area contributed by atoms with Gasteiger partial charge in [-0.1, -0.05) is 13.8 Å². The minimum atomic E-state index is -0.405. The van der Waals surface area contributed by atoms with Gasteiger partial charge < -0.3 is 15.2 Å². The largest absolute Gasteiger partial charge is 0.449 e. The number of aliphatic hydroxyl groups is 1. The molecule has 0 saturated carbocycles. The van der Waals surface area contributed by atoms with Gasteiger partial charge >= 0.3 is 6.09 Å². The predicted molar refractivity (Wildman–Crippen MR) is 45.9 cm³/mol. The highest BCUT2D eigenvalue weighted by Crippen LogP contribution is 1.92. The number of nitrogens with one attached hydrogen (secondary N) is 1. The summed E-state index contributed by atoms with van der Waals surface area (Å²) in [6.45, 7) is 4.94. The standard InChI is InChI=1S/C8H17NO3/c1-7(2)6-12-8(11)9-4-3-5-10/h7,10H,3-6H2,1-2H3,(H,9,11). The van der Waals surface area contributed by atoms with Crippen molar-refractivity contribution in [3.8, 4) is 0 Å². The molecule has 0 fully saturated rings. The van der Waals surface area contributed by atoms with Gasteiger partial charge in [-0.25, -0.2) is 4.79 Å². The number of hydrogen-bond acceptors (Lipinski definition) is 3. The van der Waals surface area contributed by atoms with Gasteiger partial charge in [0.1, 0.15) is 0 Å². The van der Waals surface area contributed by atoms with Crippen LogP contribution in [0.1, 0.15) is 20.3 Å². The molecular formula is C8H17NO3. The van der Waals surface area contributed by atoms with Crippen LogP contribution in [-0.4, -0.2) is 31.0 Å². The zero-order chi connectivity index (χ0) is 9.40. The molecule has 4 nitrogen and oxygen atoms in total. The van der Waals surface area contributed by atoms with E-state index in [1.54, 1.807) is 0 Å². The Bertz CT molecular complexity index is 125. The third kappa shape index (κ3) is 7.34. The highest BCUT2D eigenvalue weighted by molar-refractivity contribution is 5.66. The molecule has 0 atom stereocenters. The summed E-state index contributed by atoms with van der Waals surface area (Å²) in [6.07, 6.45) is 0.161. The van der Waals surface area contributed by atoms with E-state index < -0.39 is 6.09 Å². The van der Waals surface area contributed by atoms with Crippen LogP contribution >= 0.6 is 0 Å². The van der Waals surface area contributed by atoms with Gasteiger partial charge in [-0.15, -0.1) is 0 Å². The fourth-order valence-electron chi connectivity index (χ4n) is 0.563. The van der Waals surface area contributed by atoms with E-state index in [2.05, 4.69) is 5.32 Å². The third-order valence-electron chi connectivity index (χ3n) is 1.15. The highest BCUT2D eigenvalue weighted by Gasteiger charge is 2.01. The van der Waals surface area contributed by atoms with Crippen molar-refractivity contribution in [2.24, 2.45) is 5.92 Å². The van der Waals surface area contributed by atoms with Gasteiger partial charge in [0.25, 0.3) is 0 Å². The second-order valence-electron chi connectivity index (χ2n) is 3.00. The fraction of sp³-hybridized carbons (Fsp3) is 0.875. The number of alkyl carbamates (subject to hydrolysis) is 1. The van der Waals surface area contributed by atoms with Crippen molar-refractivity contribution in [3.05, 3.63) is 0 Å². The molecule has 0 unspecified atom stereocenters. The Labute approximate surface area is 72.9 Å². The summed E-state index contributed by atoms with van der Waals surface area (Å²) in [6, 6.07) is 0. The van der Waals surface area contributed by atoms with E-state index in [0.29, 0.717) is 25.5 Å². The van der Waals surface area contributed by atoms with Crippen LogP contribution in [0.3, 0.4) is 0 Å². The molecule has 0 spiro atoms. The average molecular weight is 175 g/mol. The molecule has 0 aliphatic carbocycles. The summed E-state index contributed by atoms with van der Waals surface area (Å²) in [5.41, 5.74) is 0. The molecule has 4 heteroatoms. The van der Waals surface area contributed by atoms with Crippen LogP contribution in [0.15, 0.2) is 0 Å². The maximum absolute atomic E-state index is 10.8. The number of amides is 1. The topological polar surface area (TPSA) is 58.6 Å². The highest BCUT2D eigenvalue weighted by atomic mass is 16.5. The van der Waals surface area contributed by atoms with Crippen molar-refractivity contribution < 1.29 is 14.6 Å². The smallest absolute Gasteiger partial charge is 0.407 e. The summed E-state index contributed by atoms with van der Waals surface area (Å²) in [5.74, 6) is 0.355. The molecular weight excluding hydrogens is 158 g/mol. The van der Waals surface area contributed by atoms with E-state index >= 15 is 0 Å². The molecule has 0 aliphatic heterocycles. The van der Waals surface area contributed by atoms with Crippen LogP contribution in [0.4, 0.5) is 4.79 Å². The maximum Gasteiger partial charge on any atom is 0.407 e. The van der Waals surface area contributed by atoms with Crippen molar-refractivity contribution in [2.45, 2.75) is 20.3 Å². The predicted octanol–water partition coefficient (Wildman–Crippen LogP) is 0.751. The lowest BCUT2D eigenvalue weighted by Crippen LogP contribution is -2.27. The number of carbonyl (C=O) groups is 1. The number of aliphatic hydroxyl groups excluding tert-OH is 1. The summed E-state index contributed by atoms with van der Waals surface area (Å²) < 4.78 is 4.82. The molecule has 72 valence electrons. The van der Waals surface area contributed by atoms with Crippen LogP contribution in [0.5, 0.6) is 0 Å². The molecule has 2 N–H and O–H groups in total. The van der Waals surface area contributed by atoms with Crippen molar-refractivity contribution in [2.75, 3.05) is 19.8 Å². The first-order valence-corrected chi connectivity index (χ1v) is 4.18. The van der Waals surface area contributed by atoms with Crippen molar-refractivity contribution in [1.29, 1.82) is 0 Å². The van der Waals surface area contributed by atoms with Crippen LogP contribution in [0.2, 0.25) is 0 Å². The molecule has 0 aromatic carbocycles. The normalized spacial score (nSPS) is 10.0. The molecule has 0 heterocycles. The number of hydrogen-bond donors (Lipinski definition) is 2. The Morgan fingerprint density at radius 1 is 1.58 bits per heavy atom. The van der Waals surface area contributed by atoms with E-state index in [-0.39, 0.29) is 6.61 Å². The van der Waals surface area contributed by atoms with Gasteiger partial charge in [0, 0.05) is 13.2 Å². The summed E-state index contributed by atoms with van der Waals surface area (Å²) in [5, 5.41) is 10.9. The van der Waals surface area contributed by atoms with Crippen LogP contribution in [-0.2, 0) is 4.74 Å². The SMILES string of the molecule is CC(C)COC(=O)NCCCO. The van der Waals surface area contributed by atoms with Gasteiger partial charge in [0.2, 0.25) is 0 Å².